The lowest BCUT2D eigenvalue weighted by Gasteiger charge is -2.34. The Balaban J connectivity index is 1.74. The Morgan fingerprint density at radius 2 is 2.27 bits per heavy atom. The Labute approximate surface area is 93.0 Å². The number of aliphatic imine (C=N–C) groups is 1. The maximum absolute atomic E-state index is 4.54. The molecule has 4 nitrogen and oxygen atoms in total. The second-order valence-corrected chi connectivity index (χ2v) is 4.73. The van der Waals surface area contributed by atoms with Gasteiger partial charge in [0, 0.05) is 32.4 Å². The highest BCUT2D eigenvalue weighted by Gasteiger charge is 2.22. The topological polar surface area (TPSA) is 39.7 Å². The lowest BCUT2D eigenvalue weighted by Crippen LogP contribution is -2.51. The van der Waals surface area contributed by atoms with Gasteiger partial charge in [-0.25, -0.2) is 0 Å². The Hall–Kier alpha value is -0.910. The lowest BCUT2D eigenvalue weighted by molar-refractivity contribution is 0.195. The zero-order valence-electron chi connectivity index (χ0n) is 8.44. The first kappa shape index (κ1) is 9.33. The summed E-state index contributed by atoms with van der Waals surface area (Å²) in [5, 5.41) is 8.91. The minimum absolute atomic E-state index is 0.134. The van der Waals surface area contributed by atoms with Crippen LogP contribution in [0, 0.1) is 0 Å². The number of nitrogens with zero attached hydrogens (tertiary/aromatic N) is 2. The summed E-state index contributed by atoms with van der Waals surface area (Å²) < 4.78 is 0. The van der Waals surface area contributed by atoms with Crippen molar-refractivity contribution in [2.75, 3.05) is 31.5 Å². The average molecular weight is 222 g/mol. The van der Waals surface area contributed by atoms with Gasteiger partial charge in [0.05, 0.1) is 10.6 Å². The first-order valence-corrected chi connectivity index (χ1v) is 6.13. The van der Waals surface area contributed by atoms with Crippen LogP contribution in [0.5, 0.6) is 0 Å². The third-order valence-corrected chi connectivity index (χ3v) is 3.66. The number of hydrogen-bond donors (Lipinski definition) is 2. The maximum atomic E-state index is 4.54. The summed E-state index contributed by atoms with van der Waals surface area (Å²) in [6, 6.07) is 2.13. The van der Waals surface area contributed by atoms with Crippen LogP contribution in [0.3, 0.4) is 0 Å². The highest BCUT2D eigenvalue weighted by Crippen LogP contribution is 2.25. The highest BCUT2D eigenvalue weighted by atomic mass is 32.1. The van der Waals surface area contributed by atoms with Crippen molar-refractivity contribution < 1.29 is 0 Å². The van der Waals surface area contributed by atoms with Gasteiger partial charge in [-0.1, -0.05) is 0 Å². The van der Waals surface area contributed by atoms with Gasteiger partial charge in [0.25, 0.3) is 0 Å². The smallest absolute Gasteiger partial charge is 0.176 e. The molecule has 3 heterocycles. The van der Waals surface area contributed by atoms with Gasteiger partial charge in [0.2, 0.25) is 0 Å². The summed E-state index contributed by atoms with van der Waals surface area (Å²) in [5.41, 5.74) is 1.22. The van der Waals surface area contributed by atoms with Gasteiger partial charge in [-0.05, 0) is 11.4 Å². The van der Waals surface area contributed by atoms with E-state index in [4.69, 9.17) is 0 Å². The van der Waals surface area contributed by atoms with E-state index in [1.165, 1.54) is 10.6 Å². The third-order valence-electron chi connectivity index (χ3n) is 2.81. The van der Waals surface area contributed by atoms with Gasteiger partial charge >= 0.3 is 0 Å². The number of fused-ring (bicyclic) bond motifs is 1. The minimum atomic E-state index is 0.134. The van der Waals surface area contributed by atoms with Crippen molar-refractivity contribution in [3.05, 3.63) is 16.3 Å². The van der Waals surface area contributed by atoms with Gasteiger partial charge in [0.15, 0.2) is 6.29 Å². The van der Waals surface area contributed by atoms with E-state index in [-0.39, 0.29) is 6.29 Å². The van der Waals surface area contributed by atoms with Gasteiger partial charge in [-0.3, -0.25) is 9.89 Å². The molecule has 0 aliphatic carbocycles. The van der Waals surface area contributed by atoms with Crippen LogP contribution in [-0.2, 0) is 0 Å². The zero-order chi connectivity index (χ0) is 10.1. The number of rotatable bonds is 1. The second-order valence-electron chi connectivity index (χ2n) is 3.78. The van der Waals surface area contributed by atoms with E-state index >= 15 is 0 Å². The van der Waals surface area contributed by atoms with Crippen LogP contribution in [0.4, 0.5) is 5.69 Å². The lowest BCUT2D eigenvalue weighted by atomic mass is 10.3. The van der Waals surface area contributed by atoms with Gasteiger partial charge < -0.3 is 10.6 Å². The van der Waals surface area contributed by atoms with E-state index < -0.39 is 0 Å². The van der Waals surface area contributed by atoms with Gasteiger partial charge in [0.1, 0.15) is 0 Å². The van der Waals surface area contributed by atoms with Crippen LogP contribution >= 0.6 is 11.3 Å². The van der Waals surface area contributed by atoms with Crippen molar-refractivity contribution >= 4 is 23.2 Å². The van der Waals surface area contributed by atoms with Crippen LogP contribution in [0.15, 0.2) is 16.4 Å². The molecule has 0 aromatic carbocycles. The van der Waals surface area contributed by atoms with Crippen LogP contribution in [0.2, 0.25) is 0 Å². The van der Waals surface area contributed by atoms with E-state index in [0.29, 0.717) is 0 Å². The molecule has 1 unspecified atom stereocenters. The summed E-state index contributed by atoms with van der Waals surface area (Å²) in [4.78, 5) is 8.15. The SMILES string of the molecule is C1=NC(N2CCNCC2)Nc2ccsc21. The predicted octanol–water partition coefficient (Wildman–Crippen LogP) is 0.781. The number of thiophene rings is 1. The van der Waals surface area contributed by atoms with E-state index in [1.807, 2.05) is 6.21 Å². The van der Waals surface area contributed by atoms with E-state index in [9.17, 15) is 0 Å². The van der Waals surface area contributed by atoms with Crippen LogP contribution < -0.4 is 10.6 Å². The highest BCUT2D eigenvalue weighted by molar-refractivity contribution is 7.12. The Morgan fingerprint density at radius 3 is 3.13 bits per heavy atom. The molecule has 1 atom stereocenters. The normalized spacial score (nSPS) is 26.0. The van der Waals surface area contributed by atoms with Crippen molar-refractivity contribution in [3.8, 4) is 0 Å². The molecule has 15 heavy (non-hydrogen) atoms. The second kappa shape index (κ2) is 3.92. The molecule has 2 aliphatic rings. The van der Waals surface area contributed by atoms with Crippen molar-refractivity contribution in [2.45, 2.75) is 6.29 Å². The molecule has 2 N–H and O–H groups in total. The summed E-state index contributed by atoms with van der Waals surface area (Å²) in [6.45, 7) is 4.25. The first-order chi connectivity index (χ1) is 7.43. The standard InChI is InChI=1S/C10H14N4S/c1-6-15-9-7-12-10(13-8(1)9)14-4-2-11-3-5-14/h1,6-7,10-11,13H,2-5H2. The molecule has 1 aromatic rings. The quantitative estimate of drug-likeness (QED) is 0.737. The predicted molar refractivity (Wildman–Crippen MR) is 63.8 cm³/mol. The fraction of sp³-hybridized carbons (Fsp3) is 0.500. The monoisotopic (exact) mass is 222 g/mol. The molecule has 5 heteroatoms. The number of hydrogen-bond acceptors (Lipinski definition) is 5. The first-order valence-electron chi connectivity index (χ1n) is 5.25. The third kappa shape index (κ3) is 1.78. The van der Waals surface area contributed by atoms with Gasteiger partial charge in [-0.15, -0.1) is 11.3 Å². The molecule has 0 saturated carbocycles. The molecule has 1 aromatic heterocycles. The van der Waals surface area contributed by atoms with Crippen molar-refractivity contribution in [1.29, 1.82) is 0 Å². The summed E-state index contributed by atoms with van der Waals surface area (Å²) >= 11 is 1.73. The van der Waals surface area contributed by atoms with Crippen LogP contribution in [0.25, 0.3) is 0 Å². The molecular weight excluding hydrogens is 208 g/mol. The summed E-state index contributed by atoms with van der Waals surface area (Å²) in [7, 11) is 0. The van der Waals surface area contributed by atoms with Crippen molar-refractivity contribution in [2.24, 2.45) is 4.99 Å². The molecule has 0 bridgehead atoms. The molecule has 3 rings (SSSR count). The Kier molecular flexibility index (Phi) is 2.44. The van der Waals surface area contributed by atoms with Crippen LogP contribution in [0.1, 0.15) is 4.88 Å². The fourth-order valence-electron chi connectivity index (χ4n) is 1.97. The fourth-order valence-corrected chi connectivity index (χ4v) is 2.69. The Bertz CT molecular complexity index is 367. The van der Waals surface area contributed by atoms with E-state index in [0.717, 1.165) is 26.2 Å². The Morgan fingerprint density at radius 1 is 1.40 bits per heavy atom. The molecule has 0 spiro atoms. The number of nitrogens with one attached hydrogen (secondary N) is 2. The molecule has 0 radical (unpaired) electrons. The number of piperazine rings is 1. The molecule has 1 fully saturated rings. The molecular formula is C10H14N4S. The number of anilines is 1. The van der Waals surface area contributed by atoms with E-state index in [1.54, 1.807) is 11.3 Å². The zero-order valence-corrected chi connectivity index (χ0v) is 9.26. The molecule has 1 saturated heterocycles. The minimum Gasteiger partial charge on any atom is -0.350 e. The molecule has 80 valence electrons. The van der Waals surface area contributed by atoms with E-state index in [2.05, 4.69) is 32.0 Å². The average Bonchev–Trinajstić information content (AvgIpc) is 2.77. The van der Waals surface area contributed by atoms with Crippen molar-refractivity contribution in [1.82, 2.24) is 10.2 Å². The summed E-state index contributed by atoms with van der Waals surface area (Å²) in [6.07, 6.45) is 2.12. The maximum Gasteiger partial charge on any atom is 0.176 e. The largest absolute Gasteiger partial charge is 0.350 e. The van der Waals surface area contributed by atoms with Gasteiger partial charge in [-0.2, -0.15) is 0 Å². The van der Waals surface area contributed by atoms with Crippen LogP contribution in [-0.4, -0.2) is 43.6 Å². The van der Waals surface area contributed by atoms with Crippen molar-refractivity contribution in [3.63, 3.8) is 0 Å². The molecule has 0 amide bonds. The molecule has 2 aliphatic heterocycles. The summed E-state index contributed by atoms with van der Waals surface area (Å²) in [5.74, 6) is 0.